The Morgan fingerprint density at radius 1 is 1.45 bits per heavy atom. The summed E-state index contributed by atoms with van der Waals surface area (Å²) in [6.45, 7) is 3.20. The van der Waals surface area contributed by atoms with Gasteiger partial charge in [-0.1, -0.05) is 13.0 Å². The molecule has 0 aliphatic carbocycles. The monoisotopic (exact) mass is 156 g/mol. The molecule has 0 unspecified atom stereocenters. The van der Waals surface area contributed by atoms with Gasteiger partial charge in [-0.2, -0.15) is 0 Å². The van der Waals surface area contributed by atoms with E-state index in [1.165, 1.54) is 14.0 Å². The topological polar surface area (TPSA) is 43.4 Å². The molecule has 0 aromatic heterocycles. The number of Topliss-reactive ketones (excluding diaryl/α,β-unsaturated/α-hetero) is 1. The molecule has 0 aromatic carbocycles. The van der Waals surface area contributed by atoms with E-state index in [0.29, 0.717) is 6.42 Å². The van der Waals surface area contributed by atoms with Crippen LogP contribution in [0.5, 0.6) is 0 Å². The van der Waals surface area contributed by atoms with E-state index in [9.17, 15) is 9.59 Å². The van der Waals surface area contributed by atoms with Crippen LogP contribution in [0.15, 0.2) is 11.6 Å². The number of allylic oxidation sites excluding steroid dienone is 1. The molecule has 0 fully saturated rings. The fourth-order valence-corrected chi connectivity index (χ4v) is 0.685. The van der Waals surface area contributed by atoms with Gasteiger partial charge in [-0.25, -0.2) is 4.79 Å². The maximum absolute atomic E-state index is 10.8. The molecular weight excluding hydrogens is 144 g/mol. The van der Waals surface area contributed by atoms with Crippen LogP contribution >= 0.6 is 0 Å². The van der Waals surface area contributed by atoms with Crippen molar-refractivity contribution in [2.75, 3.05) is 7.11 Å². The SMILES string of the molecule is CCC=C(C(C)=O)C(=O)OC. The first kappa shape index (κ1) is 9.88. The average molecular weight is 156 g/mol. The van der Waals surface area contributed by atoms with Gasteiger partial charge < -0.3 is 4.74 Å². The molecule has 0 bridgehead atoms. The zero-order chi connectivity index (χ0) is 8.85. The third-order valence-corrected chi connectivity index (χ3v) is 1.19. The molecule has 0 saturated carbocycles. The second-order valence-corrected chi connectivity index (χ2v) is 2.07. The molecule has 0 heterocycles. The van der Waals surface area contributed by atoms with E-state index in [1.807, 2.05) is 6.92 Å². The number of hydrogen-bond acceptors (Lipinski definition) is 3. The highest BCUT2D eigenvalue weighted by atomic mass is 16.5. The van der Waals surface area contributed by atoms with E-state index in [4.69, 9.17) is 0 Å². The van der Waals surface area contributed by atoms with E-state index in [1.54, 1.807) is 6.08 Å². The van der Waals surface area contributed by atoms with Crippen LogP contribution < -0.4 is 0 Å². The smallest absolute Gasteiger partial charge is 0.341 e. The number of rotatable bonds is 3. The lowest BCUT2D eigenvalue weighted by atomic mass is 10.1. The standard InChI is InChI=1S/C8H12O3/c1-4-5-7(6(2)9)8(10)11-3/h5H,4H2,1-3H3. The number of esters is 1. The minimum atomic E-state index is -0.556. The molecule has 62 valence electrons. The maximum atomic E-state index is 10.8. The molecule has 0 saturated heterocycles. The molecule has 0 amide bonds. The highest BCUT2D eigenvalue weighted by molar-refractivity contribution is 6.16. The van der Waals surface area contributed by atoms with Crippen LogP contribution in [-0.4, -0.2) is 18.9 Å². The summed E-state index contributed by atoms with van der Waals surface area (Å²) < 4.78 is 4.40. The van der Waals surface area contributed by atoms with Crippen LogP contribution in [0.4, 0.5) is 0 Å². The van der Waals surface area contributed by atoms with E-state index in [-0.39, 0.29) is 11.4 Å². The molecule has 0 aliphatic heterocycles. The average Bonchev–Trinajstić information content (AvgIpc) is 1.98. The highest BCUT2D eigenvalue weighted by Gasteiger charge is 2.12. The van der Waals surface area contributed by atoms with E-state index in [2.05, 4.69) is 4.74 Å². The predicted molar refractivity (Wildman–Crippen MR) is 41.1 cm³/mol. The number of ketones is 1. The summed E-state index contributed by atoms with van der Waals surface area (Å²) in [6.07, 6.45) is 2.22. The summed E-state index contributed by atoms with van der Waals surface area (Å²) in [6, 6.07) is 0. The summed E-state index contributed by atoms with van der Waals surface area (Å²) in [5.41, 5.74) is 0.134. The van der Waals surface area contributed by atoms with Gasteiger partial charge in [0.2, 0.25) is 0 Å². The van der Waals surface area contributed by atoms with E-state index in [0.717, 1.165) is 0 Å². The Bertz CT molecular complexity index is 192. The van der Waals surface area contributed by atoms with Crippen LogP contribution in [-0.2, 0) is 14.3 Å². The van der Waals surface area contributed by atoms with Crippen molar-refractivity contribution in [1.29, 1.82) is 0 Å². The number of carbonyl (C=O) groups is 2. The van der Waals surface area contributed by atoms with Gasteiger partial charge in [0.25, 0.3) is 0 Å². The van der Waals surface area contributed by atoms with Crippen molar-refractivity contribution in [1.82, 2.24) is 0 Å². The molecule has 3 nitrogen and oxygen atoms in total. The molecule has 0 radical (unpaired) electrons. The van der Waals surface area contributed by atoms with Crippen LogP contribution in [0.2, 0.25) is 0 Å². The van der Waals surface area contributed by atoms with Gasteiger partial charge in [-0.15, -0.1) is 0 Å². The minimum absolute atomic E-state index is 0.134. The first-order valence-corrected chi connectivity index (χ1v) is 3.42. The first-order valence-electron chi connectivity index (χ1n) is 3.42. The van der Waals surface area contributed by atoms with E-state index < -0.39 is 5.97 Å². The number of hydrogen-bond donors (Lipinski definition) is 0. The molecular formula is C8H12O3. The van der Waals surface area contributed by atoms with Crippen LogP contribution in [0.3, 0.4) is 0 Å². The summed E-state index contributed by atoms with van der Waals surface area (Å²) in [5, 5.41) is 0. The van der Waals surface area contributed by atoms with Gasteiger partial charge in [-0.05, 0) is 13.3 Å². The van der Waals surface area contributed by atoms with Gasteiger partial charge in [0, 0.05) is 0 Å². The van der Waals surface area contributed by atoms with Gasteiger partial charge >= 0.3 is 5.97 Å². The largest absolute Gasteiger partial charge is 0.465 e. The number of methoxy groups -OCH3 is 1. The van der Waals surface area contributed by atoms with Crippen molar-refractivity contribution in [2.24, 2.45) is 0 Å². The second kappa shape index (κ2) is 4.66. The Morgan fingerprint density at radius 3 is 2.27 bits per heavy atom. The van der Waals surface area contributed by atoms with Gasteiger partial charge in [0.05, 0.1) is 12.7 Å². The second-order valence-electron chi connectivity index (χ2n) is 2.07. The first-order chi connectivity index (χ1) is 5.13. The fraction of sp³-hybridized carbons (Fsp3) is 0.500. The molecule has 0 N–H and O–H groups in total. The molecule has 0 spiro atoms. The lowest BCUT2D eigenvalue weighted by Crippen LogP contribution is -2.11. The molecule has 0 aliphatic rings. The summed E-state index contributed by atoms with van der Waals surface area (Å²) >= 11 is 0. The van der Waals surface area contributed by atoms with Gasteiger partial charge in [0.1, 0.15) is 0 Å². The van der Waals surface area contributed by atoms with Crippen molar-refractivity contribution in [3.05, 3.63) is 11.6 Å². The van der Waals surface area contributed by atoms with Crippen molar-refractivity contribution in [3.63, 3.8) is 0 Å². The van der Waals surface area contributed by atoms with Crippen LogP contribution in [0.25, 0.3) is 0 Å². The third kappa shape index (κ3) is 2.98. The van der Waals surface area contributed by atoms with Crippen molar-refractivity contribution in [2.45, 2.75) is 20.3 Å². The molecule has 3 heteroatoms. The normalized spacial score (nSPS) is 11.0. The Morgan fingerprint density at radius 2 is 2.00 bits per heavy atom. The summed E-state index contributed by atoms with van der Waals surface area (Å²) in [7, 11) is 1.26. The number of carbonyl (C=O) groups excluding carboxylic acids is 2. The zero-order valence-corrected chi connectivity index (χ0v) is 7.01. The Hall–Kier alpha value is -1.12. The lowest BCUT2D eigenvalue weighted by molar-refractivity contribution is -0.137. The highest BCUT2D eigenvalue weighted by Crippen LogP contribution is 2.00. The Kier molecular flexibility index (Phi) is 4.18. The van der Waals surface area contributed by atoms with Crippen molar-refractivity contribution < 1.29 is 14.3 Å². The van der Waals surface area contributed by atoms with Crippen LogP contribution in [0.1, 0.15) is 20.3 Å². The molecule has 0 rings (SSSR count). The summed E-state index contributed by atoms with van der Waals surface area (Å²) in [5.74, 6) is -0.807. The predicted octanol–water partition coefficient (Wildman–Crippen LogP) is 1.08. The van der Waals surface area contributed by atoms with E-state index >= 15 is 0 Å². The minimum Gasteiger partial charge on any atom is -0.465 e. The maximum Gasteiger partial charge on any atom is 0.341 e. The summed E-state index contributed by atoms with van der Waals surface area (Å²) in [4.78, 5) is 21.6. The Labute approximate surface area is 66.0 Å². The number of ether oxygens (including phenoxy) is 1. The molecule has 11 heavy (non-hydrogen) atoms. The quantitative estimate of drug-likeness (QED) is 0.266. The van der Waals surface area contributed by atoms with Crippen molar-refractivity contribution >= 4 is 11.8 Å². The zero-order valence-electron chi connectivity index (χ0n) is 7.01. The molecule has 0 aromatic rings. The van der Waals surface area contributed by atoms with Crippen LogP contribution in [0, 0.1) is 0 Å². The van der Waals surface area contributed by atoms with Gasteiger partial charge in [0.15, 0.2) is 5.78 Å². The fourth-order valence-electron chi connectivity index (χ4n) is 0.685. The third-order valence-electron chi connectivity index (χ3n) is 1.19. The van der Waals surface area contributed by atoms with Gasteiger partial charge in [-0.3, -0.25) is 4.79 Å². The Balaban J connectivity index is 4.48. The van der Waals surface area contributed by atoms with Crippen molar-refractivity contribution in [3.8, 4) is 0 Å². The lowest BCUT2D eigenvalue weighted by Gasteiger charge is -1.98. The molecule has 0 atom stereocenters.